The van der Waals surface area contributed by atoms with E-state index < -0.39 is 23.3 Å². The zero-order valence-electron chi connectivity index (χ0n) is 17.2. The summed E-state index contributed by atoms with van der Waals surface area (Å²) in [5, 5.41) is 12.2. The molecule has 0 saturated heterocycles. The molecule has 2 aromatic carbocycles. The molecule has 1 fully saturated rings. The SMILES string of the molecule is Cc1c(CC(=O)N[C@H](C)c2ccc(C#N)cc2F)c(=O)[nH]c2ccc(F)c(C3CC3)c12. The van der Waals surface area contributed by atoms with Crippen molar-refractivity contribution in [2.24, 2.45) is 0 Å². The van der Waals surface area contributed by atoms with Crippen LogP contribution in [0.3, 0.4) is 0 Å². The van der Waals surface area contributed by atoms with Gasteiger partial charge in [0, 0.05) is 27.6 Å². The highest BCUT2D eigenvalue weighted by molar-refractivity contribution is 5.89. The van der Waals surface area contributed by atoms with E-state index in [1.165, 1.54) is 18.2 Å². The number of fused-ring (bicyclic) bond motifs is 1. The molecule has 1 heterocycles. The Morgan fingerprint density at radius 2 is 2.00 bits per heavy atom. The number of aromatic nitrogens is 1. The van der Waals surface area contributed by atoms with Crippen LogP contribution >= 0.6 is 0 Å². The van der Waals surface area contributed by atoms with Crippen LogP contribution in [0.4, 0.5) is 8.78 Å². The van der Waals surface area contributed by atoms with Crippen molar-refractivity contribution in [3.63, 3.8) is 0 Å². The van der Waals surface area contributed by atoms with Gasteiger partial charge in [0.2, 0.25) is 5.91 Å². The largest absolute Gasteiger partial charge is 0.349 e. The minimum Gasteiger partial charge on any atom is -0.349 e. The molecule has 2 N–H and O–H groups in total. The van der Waals surface area contributed by atoms with Gasteiger partial charge < -0.3 is 10.3 Å². The first-order valence-corrected chi connectivity index (χ1v) is 10.1. The van der Waals surface area contributed by atoms with Gasteiger partial charge in [-0.15, -0.1) is 0 Å². The number of hydrogen-bond acceptors (Lipinski definition) is 3. The number of benzene rings is 2. The number of halogens is 2. The van der Waals surface area contributed by atoms with E-state index in [1.807, 2.05) is 6.07 Å². The maximum absolute atomic E-state index is 14.5. The van der Waals surface area contributed by atoms with Crippen LogP contribution in [0, 0.1) is 29.9 Å². The third-order valence-electron chi connectivity index (χ3n) is 5.84. The lowest BCUT2D eigenvalue weighted by Crippen LogP contribution is -2.31. The standard InChI is InChI=1S/C24H21F2N3O2/c1-12-17(10-21(30)28-13(2)16-6-3-14(11-27)9-19(16)26)24(31)29-20-8-7-18(25)23(22(12)20)15-4-5-15/h3,6-9,13,15H,4-5,10H2,1-2H3,(H,28,30)(H,29,31)/t13-/m1/s1. The van der Waals surface area contributed by atoms with Crippen LogP contribution in [0.25, 0.3) is 10.9 Å². The van der Waals surface area contributed by atoms with Crippen molar-refractivity contribution < 1.29 is 13.6 Å². The molecule has 0 spiro atoms. The summed E-state index contributed by atoms with van der Waals surface area (Å²) >= 11 is 0. The Hall–Kier alpha value is -3.53. The number of amides is 1. The van der Waals surface area contributed by atoms with Crippen LogP contribution < -0.4 is 10.9 Å². The third-order valence-corrected chi connectivity index (χ3v) is 5.84. The average molecular weight is 421 g/mol. The van der Waals surface area contributed by atoms with Gasteiger partial charge in [0.1, 0.15) is 11.6 Å². The molecule has 0 unspecified atom stereocenters. The molecule has 0 radical (unpaired) electrons. The number of carbonyl (C=O) groups is 1. The van der Waals surface area contributed by atoms with Crippen LogP contribution in [-0.4, -0.2) is 10.9 Å². The van der Waals surface area contributed by atoms with E-state index in [4.69, 9.17) is 5.26 Å². The lowest BCUT2D eigenvalue weighted by atomic mass is 9.95. The predicted molar refractivity (Wildman–Crippen MR) is 113 cm³/mol. The Kier molecular flexibility index (Phi) is 5.32. The summed E-state index contributed by atoms with van der Waals surface area (Å²) in [4.78, 5) is 28.1. The summed E-state index contributed by atoms with van der Waals surface area (Å²) < 4.78 is 28.7. The minimum absolute atomic E-state index is 0.134. The first-order valence-electron chi connectivity index (χ1n) is 10.1. The van der Waals surface area contributed by atoms with Crippen molar-refractivity contribution in [2.45, 2.75) is 45.1 Å². The van der Waals surface area contributed by atoms with Gasteiger partial charge in [-0.05, 0) is 62.4 Å². The number of aryl methyl sites for hydroxylation is 1. The molecule has 7 heteroatoms. The van der Waals surface area contributed by atoms with Crippen molar-refractivity contribution in [2.75, 3.05) is 0 Å². The summed E-state index contributed by atoms with van der Waals surface area (Å²) in [5.41, 5.74) is 2.05. The molecule has 3 aromatic rings. The normalized spacial score (nSPS) is 14.3. The van der Waals surface area contributed by atoms with E-state index in [9.17, 15) is 18.4 Å². The lowest BCUT2D eigenvalue weighted by Gasteiger charge is -2.17. The smallest absolute Gasteiger partial charge is 0.252 e. The molecule has 0 aliphatic heterocycles. The molecular weight excluding hydrogens is 400 g/mol. The number of nitriles is 1. The zero-order valence-corrected chi connectivity index (χ0v) is 17.2. The zero-order chi connectivity index (χ0) is 22.3. The molecule has 0 bridgehead atoms. The minimum atomic E-state index is -0.653. The molecular formula is C24H21F2N3O2. The first kappa shape index (κ1) is 20.7. The van der Waals surface area contributed by atoms with Crippen molar-refractivity contribution in [1.82, 2.24) is 10.3 Å². The Bertz CT molecular complexity index is 1300. The van der Waals surface area contributed by atoms with Crippen LogP contribution in [0.5, 0.6) is 0 Å². The number of aromatic amines is 1. The summed E-state index contributed by atoms with van der Waals surface area (Å²) in [7, 11) is 0. The molecule has 1 aliphatic carbocycles. The number of hydrogen-bond donors (Lipinski definition) is 2. The van der Waals surface area contributed by atoms with Gasteiger partial charge in [-0.2, -0.15) is 5.26 Å². The van der Waals surface area contributed by atoms with E-state index in [2.05, 4.69) is 10.3 Å². The second-order valence-electron chi connectivity index (χ2n) is 8.03. The van der Waals surface area contributed by atoms with Crippen LogP contribution in [-0.2, 0) is 11.2 Å². The second-order valence-corrected chi connectivity index (χ2v) is 8.03. The molecule has 1 aliphatic rings. The van der Waals surface area contributed by atoms with Gasteiger partial charge in [-0.25, -0.2) is 8.78 Å². The predicted octanol–water partition coefficient (Wildman–Crippen LogP) is 4.28. The molecule has 1 atom stereocenters. The third kappa shape index (κ3) is 3.93. The average Bonchev–Trinajstić information content (AvgIpc) is 3.56. The number of nitrogens with zero attached hydrogens (tertiary/aromatic N) is 1. The van der Waals surface area contributed by atoms with Gasteiger partial charge in [0.05, 0.1) is 24.1 Å². The number of H-pyrrole nitrogens is 1. The topological polar surface area (TPSA) is 85.8 Å². The summed E-state index contributed by atoms with van der Waals surface area (Å²) in [6, 6.07) is 8.17. The van der Waals surface area contributed by atoms with E-state index in [1.54, 1.807) is 19.9 Å². The van der Waals surface area contributed by atoms with E-state index in [0.29, 0.717) is 22.0 Å². The van der Waals surface area contributed by atoms with E-state index >= 15 is 0 Å². The number of pyridine rings is 1. The van der Waals surface area contributed by atoms with Crippen molar-refractivity contribution in [1.29, 1.82) is 5.26 Å². The van der Waals surface area contributed by atoms with Crippen LogP contribution in [0.2, 0.25) is 0 Å². The Labute approximate surface area is 177 Å². The fraction of sp³-hybridized carbons (Fsp3) is 0.292. The van der Waals surface area contributed by atoms with Gasteiger partial charge in [0.15, 0.2) is 0 Å². The second kappa shape index (κ2) is 7.95. The van der Waals surface area contributed by atoms with Gasteiger partial charge in [-0.3, -0.25) is 9.59 Å². The number of carbonyl (C=O) groups excluding carboxylic acids is 1. The van der Waals surface area contributed by atoms with Crippen LogP contribution in [0.1, 0.15) is 59.5 Å². The van der Waals surface area contributed by atoms with Crippen molar-refractivity contribution in [3.8, 4) is 6.07 Å². The molecule has 158 valence electrons. The maximum atomic E-state index is 14.5. The molecule has 1 saturated carbocycles. The highest BCUT2D eigenvalue weighted by atomic mass is 19.1. The quantitative estimate of drug-likeness (QED) is 0.645. The highest BCUT2D eigenvalue weighted by Crippen LogP contribution is 2.45. The lowest BCUT2D eigenvalue weighted by molar-refractivity contribution is -0.121. The fourth-order valence-electron chi connectivity index (χ4n) is 4.08. The van der Waals surface area contributed by atoms with Crippen LogP contribution in [0.15, 0.2) is 35.1 Å². The van der Waals surface area contributed by atoms with Crippen molar-refractivity contribution in [3.05, 3.63) is 80.1 Å². The first-order chi connectivity index (χ1) is 14.8. The Morgan fingerprint density at radius 3 is 2.65 bits per heavy atom. The monoisotopic (exact) mass is 421 g/mol. The van der Waals surface area contributed by atoms with Gasteiger partial charge in [-0.1, -0.05) is 6.07 Å². The highest BCUT2D eigenvalue weighted by Gasteiger charge is 2.30. The maximum Gasteiger partial charge on any atom is 0.252 e. The summed E-state index contributed by atoms with van der Waals surface area (Å²) in [6.07, 6.45) is 1.59. The van der Waals surface area contributed by atoms with E-state index in [0.717, 1.165) is 18.9 Å². The number of rotatable bonds is 5. The molecule has 4 rings (SSSR count). The molecule has 1 aromatic heterocycles. The van der Waals surface area contributed by atoms with Crippen molar-refractivity contribution >= 4 is 16.8 Å². The van der Waals surface area contributed by atoms with E-state index in [-0.39, 0.29) is 34.8 Å². The summed E-state index contributed by atoms with van der Waals surface area (Å²) in [6.45, 7) is 3.36. The van der Waals surface area contributed by atoms with Gasteiger partial charge >= 0.3 is 0 Å². The molecule has 1 amide bonds. The Balaban J connectivity index is 1.62. The Morgan fingerprint density at radius 1 is 1.26 bits per heavy atom. The number of nitrogens with one attached hydrogen (secondary N) is 2. The molecule has 5 nitrogen and oxygen atoms in total. The molecule has 31 heavy (non-hydrogen) atoms. The summed E-state index contributed by atoms with van der Waals surface area (Å²) in [5.74, 6) is -1.20. The fourth-order valence-corrected chi connectivity index (χ4v) is 4.08. The van der Waals surface area contributed by atoms with Gasteiger partial charge in [0.25, 0.3) is 5.56 Å².